The summed E-state index contributed by atoms with van der Waals surface area (Å²) in [4.78, 5) is 12.7. The van der Waals surface area contributed by atoms with Crippen molar-refractivity contribution < 1.29 is 4.74 Å². The summed E-state index contributed by atoms with van der Waals surface area (Å²) in [5.41, 5.74) is 35.2. The molecular weight excluding hydrogens is 1130 g/mol. The van der Waals surface area contributed by atoms with E-state index in [0.29, 0.717) is 0 Å². The van der Waals surface area contributed by atoms with E-state index in [2.05, 4.69) is 345 Å². The molecule has 0 unspecified atom stereocenters. The highest BCUT2D eigenvalue weighted by molar-refractivity contribution is 7.04. The minimum absolute atomic E-state index is 0.158. The van der Waals surface area contributed by atoms with Crippen LogP contribution in [-0.4, -0.2) is 20.1 Å². The van der Waals surface area contributed by atoms with Gasteiger partial charge in [0, 0.05) is 73.9 Å². The summed E-state index contributed by atoms with van der Waals surface area (Å²) >= 11 is 0. The Balaban J connectivity index is 0.987. The highest BCUT2D eigenvalue weighted by Crippen LogP contribution is 2.52. The highest BCUT2D eigenvalue weighted by atomic mass is 16.5. The summed E-state index contributed by atoms with van der Waals surface area (Å²) < 4.78 is 7.88. The van der Waals surface area contributed by atoms with Crippen molar-refractivity contribution in [3.8, 4) is 11.5 Å². The average Bonchev–Trinajstić information content (AvgIpc) is 0.685. The Kier molecular flexibility index (Phi) is 12.5. The van der Waals surface area contributed by atoms with Gasteiger partial charge in [0.2, 0.25) is 0 Å². The standard InChI is InChI=1S/C84H64B3N5O/c1-53-44-55(3)79(56(4)45-53)87-66-39-23-26-42-71(66)90(62-34-18-10-19-35-62)76-52-77-81-84(82(76)87)93-78-43-27-24-40-67(78)86(81)69-50-68-72(51-73(69)92(77)83-57(5)46-54(2)47-58(83)6)91(63-36-20-11-21-37-63)75-49-64(88(59-28-12-7-13-29-59)60-30-14-8-15-31-60)48-74-80(75)85(68)65-38-22-25-41-70(65)89(74)61-32-16-9-17-33-61/h7-52H,1-6H3. The molecule has 0 aliphatic carbocycles. The van der Waals surface area contributed by atoms with Crippen molar-refractivity contribution in [2.24, 2.45) is 0 Å². The van der Waals surface area contributed by atoms with Crippen LogP contribution in [-0.2, 0) is 0 Å². The third-order valence-electron chi connectivity index (χ3n) is 20.2. The Morgan fingerprint density at radius 1 is 0.269 bits per heavy atom. The van der Waals surface area contributed by atoms with Crippen LogP contribution >= 0.6 is 0 Å². The van der Waals surface area contributed by atoms with E-state index in [1.165, 1.54) is 82.8 Å². The lowest BCUT2D eigenvalue weighted by Crippen LogP contribution is -2.66. The molecule has 18 rings (SSSR count). The van der Waals surface area contributed by atoms with Gasteiger partial charge >= 0.3 is 0 Å². The van der Waals surface area contributed by atoms with Crippen LogP contribution in [0.1, 0.15) is 33.4 Å². The van der Waals surface area contributed by atoms with Gasteiger partial charge in [-0.05, 0) is 199 Å². The third-order valence-corrected chi connectivity index (χ3v) is 20.2. The lowest BCUT2D eigenvalue weighted by Gasteiger charge is -2.48. The van der Waals surface area contributed by atoms with Gasteiger partial charge in [-0.1, -0.05) is 204 Å². The number of nitrogens with zero attached hydrogens (tertiary/aromatic N) is 5. The van der Waals surface area contributed by atoms with Crippen molar-refractivity contribution in [2.75, 3.05) is 24.5 Å². The van der Waals surface area contributed by atoms with Gasteiger partial charge in [0.15, 0.2) is 0 Å². The molecule has 0 aromatic heterocycles. The SMILES string of the molecule is Cc1cc(C)c(B2c3ccccc3N(c3ccccc3)c3cc4c5c(c32)Oc2ccccc2B5c2cc3c(cc2N4c2c(C)cc(C)cc2C)N(c2ccccc2)c2cc(N(c4ccccc4)c4ccccc4)cc4c2B3c2ccccc2N4c2ccccc2)c(C)c1. The summed E-state index contributed by atoms with van der Waals surface area (Å²) in [6.45, 7) is 13.1. The molecule has 0 radical (unpaired) electrons. The smallest absolute Gasteiger partial charge is 0.256 e. The van der Waals surface area contributed by atoms with Crippen LogP contribution in [0.4, 0.5) is 85.3 Å². The second-order valence-corrected chi connectivity index (χ2v) is 25.9. The number of hydrogen-bond acceptors (Lipinski definition) is 6. The normalized spacial score (nSPS) is 13.4. The van der Waals surface area contributed by atoms with Crippen molar-refractivity contribution in [1.29, 1.82) is 0 Å². The molecule has 0 amide bonds. The molecule has 440 valence electrons. The number of fused-ring (bicyclic) bond motifs is 11. The first-order valence-electron chi connectivity index (χ1n) is 32.6. The quantitative estimate of drug-likeness (QED) is 0.141. The Morgan fingerprint density at radius 3 is 1.17 bits per heavy atom. The fraction of sp³-hybridized carbons (Fsp3) is 0.0714. The van der Waals surface area contributed by atoms with Crippen molar-refractivity contribution >= 4 is 155 Å². The Bertz CT molecular complexity index is 5120. The Morgan fingerprint density at radius 2 is 0.645 bits per heavy atom. The molecule has 5 aliphatic heterocycles. The van der Waals surface area contributed by atoms with Gasteiger partial charge in [-0.25, -0.2) is 0 Å². The van der Waals surface area contributed by atoms with E-state index in [1.54, 1.807) is 0 Å². The van der Waals surface area contributed by atoms with E-state index in [1.807, 2.05) is 0 Å². The largest absolute Gasteiger partial charge is 0.459 e. The van der Waals surface area contributed by atoms with Crippen LogP contribution in [0.25, 0.3) is 0 Å². The van der Waals surface area contributed by atoms with Gasteiger partial charge in [0.25, 0.3) is 20.1 Å². The van der Waals surface area contributed by atoms with Gasteiger partial charge in [-0.15, -0.1) is 0 Å². The van der Waals surface area contributed by atoms with Crippen LogP contribution in [0, 0.1) is 41.5 Å². The van der Waals surface area contributed by atoms with Crippen molar-refractivity contribution in [3.05, 3.63) is 312 Å². The summed E-state index contributed by atoms with van der Waals surface area (Å²) in [6.07, 6.45) is 0. The van der Waals surface area contributed by atoms with E-state index in [-0.39, 0.29) is 20.1 Å². The van der Waals surface area contributed by atoms with E-state index in [4.69, 9.17) is 4.74 Å². The van der Waals surface area contributed by atoms with Gasteiger partial charge in [0.05, 0.1) is 11.4 Å². The Labute approximate surface area is 546 Å². The maximum atomic E-state index is 7.88. The second-order valence-electron chi connectivity index (χ2n) is 25.9. The predicted molar refractivity (Wildman–Crippen MR) is 395 cm³/mol. The summed E-state index contributed by atoms with van der Waals surface area (Å²) in [7, 11) is 0. The zero-order valence-corrected chi connectivity index (χ0v) is 52.9. The molecule has 6 nitrogen and oxygen atoms in total. The van der Waals surface area contributed by atoms with E-state index >= 15 is 0 Å². The Hall–Kier alpha value is -11.1. The minimum atomic E-state index is -0.227. The van der Waals surface area contributed by atoms with E-state index < -0.39 is 0 Å². The summed E-state index contributed by atoms with van der Waals surface area (Å²) in [6, 6.07) is 104. The molecular formula is C84H64B3N5O. The van der Waals surface area contributed by atoms with Crippen LogP contribution < -0.4 is 78.4 Å². The molecule has 0 fully saturated rings. The lowest BCUT2D eigenvalue weighted by atomic mass is 9.29. The molecule has 13 aromatic rings. The first-order chi connectivity index (χ1) is 45.7. The van der Waals surface area contributed by atoms with Crippen LogP contribution in [0.15, 0.2) is 279 Å². The molecule has 0 bridgehead atoms. The minimum Gasteiger partial charge on any atom is -0.459 e. The van der Waals surface area contributed by atoms with Gasteiger partial charge in [0.1, 0.15) is 11.5 Å². The molecule has 0 saturated heterocycles. The van der Waals surface area contributed by atoms with E-state index in [0.717, 1.165) is 96.6 Å². The zero-order chi connectivity index (χ0) is 62.3. The number of rotatable bonds is 8. The number of anilines is 15. The fourth-order valence-corrected chi connectivity index (χ4v) is 16.9. The van der Waals surface area contributed by atoms with Gasteiger partial charge < -0.3 is 29.2 Å². The molecule has 13 aromatic carbocycles. The van der Waals surface area contributed by atoms with Crippen LogP contribution in [0.2, 0.25) is 0 Å². The first kappa shape index (κ1) is 54.8. The molecule has 0 atom stereocenters. The number of aryl methyl sites for hydroxylation is 6. The second kappa shape index (κ2) is 21.2. The third kappa shape index (κ3) is 8.32. The first-order valence-corrected chi connectivity index (χ1v) is 32.6. The number of benzene rings is 13. The monoisotopic (exact) mass is 1190 g/mol. The number of para-hydroxylation sites is 8. The van der Waals surface area contributed by atoms with Crippen LogP contribution in [0.5, 0.6) is 11.5 Å². The average molecular weight is 1190 g/mol. The highest BCUT2D eigenvalue weighted by Gasteiger charge is 2.51. The fourth-order valence-electron chi connectivity index (χ4n) is 16.9. The molecule has 0 spiro atoms. The van der Waals surface area contributed by atoms with Gasteiger partial charge in [-0.3, -0.25) is 0 Å². The van der Waals surface area contributed by atoms with Crippen molar-refractivity contribution in [3.63, 3.8) is 0 Å². The number of ether oxygens (including phenoxy) is 1. The zero-order valence-electron chi connectivity index (χ0n) is 52.9. The van der Waals surface area contributed by atoms with Crippen molar-refractivity contribution in [2.45, 2.75) is 41.5 Å². The van der Waals surface area contributed by atoms with Crippen molar-refractivity contribution in [1.82, 2.24) is 0 Å². The predicted octanol–water partition coefficient (Wildman–Crippen LogP) is 15.8. The maximum absolute atomic E-state index is 7.88. The molecule has 0 N–H and O–H groups in total. The molecule has 0 saturated carbocycles. The van der Waals surface area contributed by atoms with Gasteiger partial charge in [-0.2, -0.15) is 0 Å². The van der Waals surface area contributed by atoms with E-state index in [9.17, 15) is 0 Å². The topological polar surface area (TPSA) is 25.4 Å². The molecule has 93 heavy (non-hydrogen) atoms. The summed E-state index contributed by atoms with van der Waals surface area (Å²) in [5, 5.41) is 0. The molecule has 5 aliphatic rings. The lowest BCUT2D eigenvalue weighted by molar-refractivity contribution is 0.491. The molecule has 9 heteroatoms. The molecule has 5 heterocycles. The van der Waals surface area contributed by atoms with Crippen LogP contribution in [0.3, 0.4) is 0 Å². The maximum Gasteiger partial charge on any atom is 0.256 e. The summed E-state index contributed by atoms with van der Waals surface area (Å²) in [5.74, 6) is 1.81. The number of hydrogen-bond donors (Lipinski definition) is 0.